The molecule has 0 aliphatic rings. The van der Waals surface area contributed by atoms with Crippen molar-refractivity contribution in [2.45, 2.75) is 13.0 Å². The van der Waals surface area contributed by atoms with Crippen LogP contribution in [0.1, 0.15) is 22.3 Å². The predicted molar refractivity (Wildman–Crippen MR) is 59.3 cm³/mol. The van der Waals surface area contributed by atoms with E-state index in [0.29, 0.717) is 11.1 Å². The normalized spacial score (nSPS) is 9.35. The summed E-state index contributed by atoms with van der Waals surface area (Å²) in [5.74, 6) is -1.09. The second-order valence-electron chi connectivity index (χ2n) is 3.22. The van der Waals surface area contributed by atoms with Crippen LogP contribution in [0.25, 0.3) is 0 Å². The van der Waals surface area contributed by atoms with Crippen molar-refractivity contribution in [3.63, 3.8) is 0 Å². The Morgan fingerprint density at radius 1 is 1.41 bits per heavy atom. The molecule has 5 nitrogen and oxygen atoms in total. The molecule has 0 atom stereocenters. The van der Waals surface area contributed by atoms with Crippen molar-refractivity contribution in [2.75, 3.05) is 0 Å². The summed E-state index contributed by atoms with van der Waals surface area (Å²) >= 11 is 0. The lowest BCUT2D eigenvalue weighted by molar-refractivity contribution is -0.144. The molecule has 0 fully saturated rings. The number of carbonyl (C=O) groups excluding carboxylic acids is 2. The fourth-order valence-corrected chi connectivity index (χ4v) is 1.23. The number of esters is 1. The topological polar surface area (TPSA) is 93.2 Å². The van der Waals surface area contributed by atoms with E-state index in [-0.39, 0.29) is 13.0 Å². The highest BCUT2D eigenvalue weighted by Crippen LogP contribution is 2.09. The SMILES string of the molecule is N#C[CH]CC(=O)OCc1ccccc1C(N)=O. The van der Waals surface area contributed by atoms with Gasteiger partial charge in [-0.3, -0.25) is 9.59 Å². The molecular weight excluding hydrogens is 220 g/mol. The van der Waals surface area contributed by atoms with Crippen molar-refractivity contribution in [1.82, 2.24) is 0 Å². The minimum absolute atomic E-state index is 0.0305. The largest absolute Gasteiger partial charge is 0.461 e. The van der Waals surface area contributed by atoms with Gasteiger partial charge in [-0.2, -0.15) is 5.26 Å². The molecule has 0 unspecified atom stereocenters. The Labute approximate surface area is 98.8 Å². The van der Waals surface area contributed by atoms with Gasteiger partial charge in [-0.1, -0.05) is 18.2 Å². The van der Waals surface area contributed by atoms with Gasteiger partial charge < -0.3 is 10.5 Å². The number of hydrogen-bond donors (Lipinski definition) is 1. The van der Waals surface area contributed by atoms with Crippen LogP contribution in [0.3, 0.4) is 0 Å². The van der Waals surface area contributed by atoms with Crippen LogP contribution in [0.15, 0.2) is 24.3 Å². The third-order valence-corrected chi connectivity index (χ3v) is 2.03. The molecule has 0 aromatic heterocycles. The maximum absolute atomic E-state index is 11.1. The number of carbonyl (C=O) groups is 2. The van der Waals surface area contributed by atoms with Gasteiger partial charge in [-0.05, 0) is 6.07 Å². The Kier molecular flexibility index (Phi) is 4.70. The molecule has 5 heteroatoms. The number of nitrogens with two attached hydrogens (primary N) is 1. The zero-order valence-electron chi connectivity index (χ0n) is 9.05. The van der Waals surface area contributed by atoms with Crippen molar-refractivity contribution in [3.8, 4) is 6.07 Å². The summed E-state index contributed by atoms with van der Waals surface area (Å²) in [5, 5.41) is 8.24. The van der Waals surface area contributed by atoms with Gasteiger partial charge in [-0.15, -0.1) is 0 Å². The highest BCUT2D eigenvalue weighted by atomic mass is 16.5. The average molecular weight is 231 g/mol. The molecule has 0 aliphatic carbocycles. The number of rotatable bonds is 5. The van der Waals surface area contributed by atoms with Crippen molar-refractivity contribution in [1.29, 1.82) is 5.26 Å². The number of nitrogens with zero attached hydrogens (tertiary/aromatic N) is 1. The number of primary amides is 1. The third-order valence-electron chi connectivity index (χ3n) is 2.03. The smallest absolute Gasteiger partial charge is 0.307 e. The van der Waals surface area contributed by atoms with Gasteiger partial charge >= 0.3 is 5.97 Å². The third kappa shape index (κ3) is 3.95. The first-order valence-corrected chi connectivity index (χ1v) is 4.89. The monoisotopic (exact) mass is 231 g/mol. The number of hydrogen-bond acceptors (Lipinski definition) is 4. The van der Waals surface area contributed by atoms with E-state index in [9.17, 15) is 9.59 Å². The Bertz CT molecular complexity index is 463. The predicted octanol–water partition coefficient (Wildman–Crippen LogP) is 0.947. The van der Waals surface area contributed by atoms with Gasteiger partial charge in [0, 0.05) is 11.1 Å². The zero-order valence-corrected chi connectivity index (χ0v) is 9.05. The molecule has 0 heterocycles. The summed E-state index contributed by atoms with van der Waals surface area (Å²) in [6, 6.07) is 8.34. The molecule has 1 aromatic carbocycles. The fraction of sp³-hybridized carbons (Fsp3) is 0.167. The molecule has 87 valence electrons. The number of benzene rings is 1. The van der Waals surface area contributed by atoms with E-state index in [1.807, 2.05) is 0 Å². The van der Waals surface area contributed by atoms with Crippen LogP contribution in [0.2, 0.25) is 0 Å². The second-order valence-corrected chi connectivity index (χ2v) is 3.22. The molecule has 0 saturated heterocycles. The molecule has 1 amide bonds. The van der Waals surface area contributed by atoms with Crippen LogP contribution in [-0.4, -0.2) is 11.9 Å². The highest BCUT2D eigenvalue weighted by Gasteiger charge is 2.09. The molecule has 1 radical (unpaired) electrons. The van der Waals surface area contributed by atoms with Crippen molar-refractivity contribution in [2.24, 2.45) is 5.73 Å². The van der Waals surface area contributed by atoms with Crippen LogP contribution in [0.5, 0.6) is 0 Å². The molecule has 0 saturated carbocycles. The molecular formula is C12H11N2O3. The lowest BCUT2D eigenvalue weighted by Gasteiger charge is -2.07. The number of amides is 1. The Balaban J connectivity index is 2.61. The fourth-order valence-electron chi connectivity index (χ4n) is 1.23. The maximum Gasteiger partial charge on any atom is 0.307 e. The van der Waals surface area contributed by atoms with Gasteiger partial charge in [-0.25, -0.2) is 0 Å². The van der Waals surface area contributed by atoms with E-state index < -0.39 is 11.9 Å². The lowest BCUT2D eigenvalue weighted by atomic mass is 10.1. The number of ether oxygens (including phenoxy) is 1. The lowest BCUT2D eigenvalue weighted by Crippen LogP contribution is -2.15. The first-order chi connectivity index (χ1) is 8.15. The van der Waals surface area contributed by atoms with Crippen molar-refractivity contribution in [3.05, 3.63) is 41.8 Å². The zero-order chi connectivity index (χ0) is 12.7. The summed E-state index contributed by atoms with van der Waals surface area (Å²) < 4.78 is 4.89. The van der Waals surface area contributed by atoms with Gasteiger partial charge in [0.1, 0.15) is 6.61 Å². The van der Waals surface area contributed by atoms with E-state index in [0.717, 1.165) is 6.42 Å². The minimum atomic E-state index is -0.569. The average Bonchev–Trinajstić information content (AvgIpc) is 2.34. The maximum atomic E-state index is 11.1. The van der Waals surface area contributed by atoms with Crippen LogP contribution >= 0.6 is 0 Å². The standard InChI is InChI=1S/C12H11N2O3/c13-7-3-6-11(15)17-8-9-4-1-2-5-10(9)12(14)16/h1-5H,6,8H2,(H2,14,16). The van der Waals surface area contributed by atoms with Crippen molar-refractivity contribution < 1.29 is 14.3 Å². The van der Waals surface area contributed by atoms with Crippen LogP contribution < -0.4 is 5.73 Å². The molecule has 1 aromatic rings. The first-order valence-electron chi connectivity index (χ1n) is 4.89. The molecule has 1 rings (SSSR count). The Morgan fingerprint density at radius 2 is 2.12 bits per heavy atom. The first kappa shape index (κ1) is 12.7. The summed E-state index contributed by atoms with van der Waals surface area (Å²) in [7, 11) is 0. The van der Waals surface area contributed by atoms with E-state index in [2.05, 4.69) is 0 Å². The van der Waals surface area contributed by atoms with E-state index in [4.69, 9.17) is 15.7 Å². The minimum Gasteiger partial charge on any atom is -0.461 e. The summed E-state index contributed by atoms with van der Waals surface area (Å²) in [5.41, 5.74) is 6.04. The Morgan fingerprint density at radius 3 is 2.76 bits per heavy atom. The quantitative estimate of drug-likeness (QED) is 0.763. The number of nitriles is 1. The summed E-state index contributed by atoms with van der Waals surface area (Å²) in [6.07, 6.45) is 1.07. The highest BCUT2D eigenvalue weighted by molar-refractivity contribution is 5.94. The molecule has 17 heavy (non-hydrogen) atoms. The van der Waals surface area contributed by atoms with Crippen LogP contribution in [-0.2, 0) is 16.1 Å². The van der Waals surface area contributed by atoms with Gasteiger partial charge in [0.25, 0.3) is 0 Å². The van der Waals surface area contributed by atoms with Crippen LogP contribution in [0, 0.1) is 17.8 Å². The van der Waals surface area contributed by atoms with Crippen LogP contribution in [0.4, 0.5) is 0 Å². The Hall–Kier alpha value is -2.35. The molecule has 2 N–H and O–H groups in total. The van der Waals surface area contributed by atoms with Gasteiger partial charge in [0.05, 0.1) is 18.9 Å². The van der Waals surface area contributed by atoms with Gasteiger partial charge in [0.2, 0.25) is 5.91 Å². The summed E-state index contributed by atoms with van der Waals surface area (Å²) in [6.45, 7) is -0.0305. The van der Waals surface area contributed by atoms with E-state index >= 15 is 0 Å². The second kappa shape index (κ2) is 6.28. The van der Waals surface area contributed by atoms with Crippen molar-refractivity contribution >= 4 is 11.9 Å². The molecule has 0 aliphatic heterocycles. The summed E-state index contributed by atoms with van der Waals surface area (Å²) in [4.78, 5) is 22.2. The van der Waals surface area contributed by atoms with Gasteiger partial charge in [0.15, 0.2) is 0 Å². The van der Waals surface area contributed by atoms with E-state index in [1.165, 1.54) is 0 Å². The van der Waals surface area contributed by atoms with E-state index in [1.54, 1.807) is 30.3 Å². The molecule has 0 bridgehead atoms. The molecule has 0 spiro atoms.